The van der Waals surface area contributed by atoms with Gasteiger partial charge in [-0.05, 0) is 29.7 Å². The molecule has 1 atom stereocenters. The van der Waals surface area contributed by atoms with Gasteiger partial charge >= 0.3 is 0 Å². The Labute approximate surface area is 208 Å². The van der Waals surface area contributed by atoms with Gasteiger partial charge in [0.1, 0.15) is 0 Å². The number of carbonyl (C=O) groups is 1. The predicted molar refractivity (Wildman–Crippen MR) is 140 cm³/mol. The van der Waals surface area contributed by atoms with Crippen molar-refractivity contribution in [2.75, 3.05) is 18.5 Å². The largest absolute Gasteiger partial charge is 0.407 e. The molecule has 0 fully saturated rings. The summed E-state index contributed by atoms with van der Waals surface area (Å²) in [5.74, 6) is -0.608. The van der Waals surface area contributed by atoms with Gasteiger partial charge in [0.15, 0.2) is 0 Å². The van der Waals surface area contributed by atoms with Crippen LogP contribution < -0.4 is 11.1 Å². The number of nitrogens with one attached hydrogen (secondary N) is 2. The fraction of sp³-hybridized carbons (Fsp3) is 0.143. The van der Waals surface area contributed by atoms with Crippen molar-refractivity contribution in [2.24, 2.45) is 15.7 Å². The number of rotatable bonds is 4. The molecule has 5 rings (SSSR count). The Balaban J connectivity index is 1.44. The molecule has 0 bridgehead atoms. The molecular formula is C28H25N5O3. The monoisotopic (exact) mass is 479 g/mol. The maximum absolute atomic E-state index is 13.0. The van der Waals surface area contributed by atoms with Gasteiger partial charge in [0, 0.05) is 16.7 Å². The summed E-state index contributed by atoms with van der Waals surface area (Å²) in [5, 5.41) is 11.4. The van der Waals surface area contributed by atoms with E-state index in [-0.39, 0.29) is 11.9 Å². The van der Waals surface area contributed by atoms with Gasteiger partial charge in [-0.15, -0.1) is 0 Å². The summed E-state index contributed by atoms with van der Waals surface area (Å²) in [5.41, 5.74) is 11.5. The maximum Gasteiger partial charge on any atom is 0.291 e. The van der Waals surface area contributed by atoms with E-state index in [1.54, 1.807) is 6.07 Å². The molecule has 4 N–H and O–H groups in total. The smallest absolute Gasteiger partial charge is 0.291 e. The zero-order valence-electron chi connectivity index (χ0n) is 19.5. The fourth-order valence-electron chi connectivity index (χ4n) is 4.20. The first-order chi connectivity index (χ1) is 17.6. The van der Waals surface area contributed by atoms with Crippen molar-refractivity contribution < 1.29 is 14.3 Å². The van der Waals surface area contributed by atoms with E-state index in [0.29, 0.717) is 30.2 Å². The molecule has 2 heterocycles. The zero-order chi connectivity index (χ0) is 24.9. The molecular weight excluding hydrogens is 454 g/mol. The highest BCUT2D eigenvalue weighted by Crippen LogP contribution is 2.26. The van der Waals surface area contributed by atoms with E-state index in [1.807, 2.05) is 78.9 Å². The van der Waals surface area contributed by atoms with Gasteiger partial charge in [0.05, 0.1) is 24.6 Å². The van der Waals surface area contributed by atoms with Crippen molar-refractivity contribution in [1.29, 1.82) is 5.41 Å². The number of para-hydroxylation sites is 1. The number of hydrogen-bond donors (Lipinski definition) is 3. The molecule has 3 aromatic rings. The number of nitrogens with zero attached hydrogens (tertiary/aromatic N) is 2. The van der Waals surface area contributed by atoms with Crippen molar-refractivity contribution in [3.63, 3.8) is 0 Å². The third kappa shape index (κ3) is 4.94. The van der Waals surface area contributed by atoms with Crippen LogP contribution in [-0.4, -0.2) is 42.9 Å². The molecule has 0 radical (unpaired) electrons. The summed E-state index contributed by atoms with van der Waals surface area (Å²) in [6.45, 7) is 1.15. The molecule has 2 aliphatic heterocycles. The van der Waals surface area contributed by atoms with E-state index in [2.05, 4.69) is 15.3 Å². The van der Waals surface area contributed by atoms with Crippen molar-refractivity contribution in [3.8, 4) is 0 Å². The average Bonchev–Trinajstić information content (AvgIpc) is 3.05. The summed E-state index contributed by atoms with van der Waals surface area (Å²) >= 11 is 0. The van der Waals surface area contributed by atoms with Gasteiger partial charge in [-0.25, -0.2) is 4.99 Å². The van der Waals surface area contributed by atoms with Crippen LogP contribution in [0.5, 0.6) is 0 Å². The Hall–Kier alpha value is -4.56. The highest BCUT2D eigenvalue weighted by Gasteiger charge is 2.26. The lowest BCUT2D eigenvalue weighted by Gasteiger charge is -2.17. The first kappa shape index (κ1) is 23.2. The fourth-order valence-corrected chi connectivity index (χ4v) is 4.20. The van der Waals surface area contributed by atoms with Crippen LogP contribution in [0.25, 0.3) is 5.57 Å². The van der Waals surface area contributed by atoms with Gasteiger partial charge in [-0.2, -0.15) is 4.99 Å². The minimum atomic E-state index is -1.19. The van der Waals surface area contributed by atoms with E-state index < -0.39 is 12.1 Å². The van der Waals surface area contributed by atoms with Crippen molar-refractivity contribution >= 4 is 34.8 Å². The number of ether oxygens (including phenoxy) is 2. The Kier molecular flexibility index (Phi) is 6.68. The van der Waals surface area contributed by atoms with E-state index in [1.165, 1.54) is 0 Å². The Morgan fingerprint density at radius 3 is 2.53 bits per heavy atom. The van der Waals surface area contributed by atoms with Crippen LogP contribution in [0.15, 0.2) is 94.9 Å². The molecule has 36 heavy (non-hydrogen) atoms. The molecule has 180 valence electrons. The molecule has 0 aromatic heterocycles. The molecule has 3 aromatic carbocycles. The second-order valence-corrected chi connectivity index (χ2v) is 8.25. The third-order valence-electron chi connectivity index (χ3n) is 5.91. The zero-order valence-corrected chi connectivity index (χ0v) is 19.5. The first-order valence-corrected chi connectivity index (χ1v) is 11.6. The quantitative estimate of drug-likeness (QED) is 0.387. The SMILES string of the molecule is N=C(O/C(N)=N/C1N=C(c2ccccc2)c2ccccc2NC1=O)c1ccccc1C1=CCOCC1. The molecule has 0 spiro atoms. The van der Waals surface area contributed by atoms with Crippen LogP contribution in [-0.2, 0) is 14.3 Å². The lowest BCUT2D eigenvalue weighted by atomic mass is 9.96. The number of fused-ring (bicyclic) bond motifs is 1. The van der Waals surface area contributed by atoms with Crippen LogP contribution in [0.4, 0.5) is 5.69 Å². The molecule has 8 heteroatoms. The van der Waals surface area contributed by atoms with Gasteiger partial charge in [-0.1, -0.05) is 72.8 Å². The summed E-state index contributed by atoms with van der Waals surface area (Å²) < 4.78 is 11.0. The van der Waals surface area contributed by atoms with Gasteiger partial charge in [0.25, 0.3) is 11.9 Å². The number of amidine groups is 1. The van der Waals surface area contributed by atoms with E-state index >= 15 is 0 Å². The Bertz CT molecular complexity index is 1400. The van der Waals surface area contributed by atoms with Crippen LogP contribution in [0, 0.1) is 5.41 Å². The number of benzodiazepines with no additional fused rings is 1. The third-order valence-corrected chi connectivity index (χ3v) is 5.91. The lowest BCUT2D eigenvalue weighted by molar-refractivity contribution is -0.117. The molecule has 1 amide bonds. The second-order valence-electron chi connectivity index (χ2n) is 8.25. The average molecular weight is 480 g/mol. The number of hydrogen-bond acceptors (Lipinski definition) is 6. The maximum atomic E-state index is 13.0. The molecule has 2 aliphatic rings. The highest BCUT2D eigenvalue weighted by molar-refractivity contribution is 6.19. The minimum Gasteiger partial charge on any atom is -0.407 e. The van der Waals surface area contributed by atoms with Crippen molar-refractivity contribution in [1.82, 2.24) is 0 Å². The molecule has 0 aliphatic carbocycles. The van der Waals surface area contributed by atoms with Gasteiger partial charge in [-0.3, -0.25) is 10.2 Å². The summed E-state index contributed by atoms with van der Waals surface area (Å²) in [6.07, 6.45) is 1.56. The van der Waals surface area contributed by atoms with E-state index in [0.717, 1.165) is 28.7 Å². The summed E-state index contributed by atoms with van der Waals surface area (Å²) in [6, 6.07) is 24.2. The molecule has 0 saturated carbocycles. The van der Waals surface area contributed by atoms with Crippen LogP contribution in [0.3, 0.4) is 0 Å². The van der Waals surface area contributed by atoms with Crippen molar-refractivity contribution in [3.05, 3.63) is 107 Å². The number of aliphatic imine (C=N–C) groups is 2. The Morgan fingerprint density at radius 1 is 1.03 bits per heavy atom. The Morgan fingerprint density at radius 2 is 1.75 bits per heavy atom. The molecule has 8 nitrogen and oxygen atoms in total. The number of amides is 1. The minimum absolute atomic E-state index is 0.163. The highest BCUT2D eigenvalue weighted by atomic mass is 16.5. The van der Waals surface area contributed by atoms with Gasteiger partial charge < -0.3 is 20.5 Å². The number of nitrogens with two attached hydrogens (primary N) is 1. The van der Waals surface area contributed by atoms with Crippen LogP contribution in [0.2, 0.25) is 0 Å². The lowest BCUT2D eigenvalue weighted by Crippen LogP contribution is -2.29. The van der Waals surface area contributed by atoms with Crippen LogP contribution >= 0.6 is 0 Å². The number of carbonyl (C=O) groups excluding carboxylic acids is 1. The summed E-state index contributed by atoms with van der Waals surface area (Å²) in [4.78, 5) is 21.9. The molecule has 1 unspecified atom stereocenters. The topological polar surface area (TPSA) is 122 Å². The number of anilines is 1. The van der Waals surface area contributed by atoms with Crippen LogP contribution in [0.1, 0.15) is 28.7 Å². The normalized spacial score (nSPS) is 17.7. The number of benzene rings is 3. The molecule has 0 saturated heterocycles. The standard InChI is InChI=1S/C28H25N5O3/c29-25(21-11-5-4-10-20(21)18-14-16-35-17-15-18)36-28(30)33-26-27(34)31-23-13-7-6-12-22(23)24(32-26)19-8-2-1-3-9-19/h1-14,26,29H,15-17H2,(H2,30,33)(H,31,34). The van der Waals surface area contributed by atoms with E-state index in [4.69, 9.17) is 20.6 Å². The predicted octanol–water partition coefficient (Wildman–Crippen LogP) is 3.96. The van der Waals surface area contributed by atoms with E-state index in [9.17, 15) is 4.79 Å². The van der Waals surface area contributed by atoms with Gasteiger partial charge in [0.2, 0.25) is 12.1 Å². The first-order valence-electron chi connectivity index (χ1n) is 11.6. The summed E-state index contributed by atoms with van der Waals surface area (Å²) in [7, 11) is 0. The second kappa shape index (κ2) is 10.4. The van der Waals surface area contributed by atoms with Crippen molar-refractivity contribution in [2.45, 2.75) is 12.6 Å².